The van der Waals surface area contributed by atoms with Crippen molar-refractivity contribution in [1.82, 2.24) is 9.55 Å². The monoisotopic (exact) mass is 318 g/mol. The topological polar surface area (TPSA) is 47.3 Å². The van der Waals surface area contributed by atoms with Gasteiger partial charge in [-0.3, -0.25) is 0 Å². The van der Waals surface area contributed by atoms with Crippen LogP contribution in [-0.4, -0.2) is 21.3 Å². The van der Waals surface area contributed by atoms with Crippen molar-refractivity contribution in [1.29, 1.82) is 0 Å². The molecule has 0 spiro atoms. The van der Waals surface area contributed by atoms with E-state index in [-0.39, 0.29) is 6.04 Å². The van der Waals surface area contributed by atoms with Gasteiger partial charge in [0.1, 0.15) is 5.75 Å². The standard InChI is InChI=1S/C20H18N2O2/c23-19(13-5-6-20-14(9-13)7-8-24-20)10-17-15-3-1-2-4-16(15)18-11-21-12-22(17)18/h1-6,9,11-12,17,19,23H,7-8,10H2/t17-,19+/m1/s1. The zero-order chi connectivity index (χ0) is 16.1. The third-order valence-corrected chi connectivity index (χ3v) is 5.14. The number of aliphatic hydroxyl groups excluding tert-OH is 1. The quantitative estimate of drug-likeness (QED) is 0.804. The summed E-state index contributed by atoms with van der Waals surface area (Å²) in [6.45, 7) is 0.739. The highest BCUT2D eigenvalue weighted by Gasteiger charge is 2.30. The summed E-state index contributed by atoms with van der Waals surface area (Å²) < 4.78 is 7.73. The molecule has 0 amide bonds. The molecule has 4 heteroatoms. The second-order valence-electron chi connectivity index (χ2n) is 6.51. The molecule has 4 nitrogen and oxygen atoms in total. The van der Waals surface area contributed by atoms with Crippen LogP contribution >= 0.6 is 0 Å². The second-order valence-corrected chi connectivity index (χ2v) is 6.51. The zero-order valence-corrected chi connectivity index (χ0v) is 13.2. The van der Waals surface area contributed by atoms with Crippen LogP contribution in [-0.2, 0) is 6.42 Å². The summed E-state index contributed by atoms with van der Waals surface area (Å²) in [6.07, 6.45) is 4.82. The van der Waals surface area contributed by atoms with Crippen molar-refractivity contribution in [2.24, 2.45) is 0 Å². The van der Waals surface area contributed by atoms with E-state index in [4.69, 9.17) is 4.74 Å². The summed E-state index contributed by atoms with van der Waals surface area (Å²) in [7, 11) is 0. The number of fused-ring (bicyclic) bond motifs is 4. The molecule has 0 saturated heterocycles. The van der Waals surface area contributed by atoms with Crippen molar-refractivity contribution in [2.75, 3.05) is 6.61 Å². The van der Waals surface area contributed by atoms with E-state index in [2.05, 4.69) is 39.9 Å². The molecule has 2 aliphatic heterocycles. The Hall–Kier alpha value is -2.59. The number of hydrogen-bond donors (Lipinski definition) is 1. The van der Waals surface area contributed by atoms with Crippen LogP contribution in [0.15, 0.2) is 55.0 Å². The number of rotatable bonds is 3. The van der Waals surface area contributed by atoms with Crippen molar-refractivity contribution in [3.63, 3.8) is 0 Å². The van der Waals surface area contributed by atoms with Crippen molar-refractivity contribution < 1.29 is 9.84 Å². The van der Waals surface area contributed by atoms with E-state index in [1.54, 1.807) is 0 Å². The molecule has 0 fully saturated rings. The van der Waals surface area contributed by atoms with Crippen molar-refractivity contribution in [3.8, 4) is 17.0 Å². The molecule has 2 aromatic carbocycles. The summed E-state index contributed by atoms with van der Waals surface area (Å²) in [6, 6.07) is 14.6. The molecule has 120 valence electrons. The molecular formula is C20H18N2O2. The van der Waals surface area contributed by atoms with Gasteiger partial charge < -0.3 is 14.4 Å². The average molecular weight is 318 g/mol. The van der Waals surface area contributed by atoms with E-state index in [0.29, 0.717) is 6.42 Å². The lowest BCUT2D eigenvalue weighted by Gasteiger charge is -2.19. The fraction of sp³-hybridized carbons (Fsp3) is 0.250. The maximum atomic E-state index is 10.8. The molecular weight excluding hydrogens is 300 g/mol. The highest BCUT2D eigenvalue weighted by Crippen LogP contribution is 2.43. The van der Waals surface area contributed by atoms with Gasteiger partial charge in [-0.1, -0.05) is 30.3 Å². The zero-order valence-electron chi connectivity index (χ0n) is 13.2. The predicted molar refractivity (Wildman–Crippen MR) is 91.0 cm³/mol. The Morgan fingerprint density at radius 3 is 3.12 bits per heavy atom. The first-order valence-corrected chi connectivity index (χ1v) is 8.36. The number of aliphatic hydroxyl groups is 1. The molecule has 2 atom stereocenters. The first-order chi connectivity index (χ1) is 11.8. The molecule has 3 aromatic rings. The van der Waals surface area contributed by atoms with Gasteiger partial charge in [0.05, 0.1) is 37.0 Å². The van der Waals surface area contributed by atoms with Crippen molar-refractivity contribution in [3.05, 3.63) is 71.7 Å². The molecule has 0 unspecified atom stereocenters. The Morgan fingerprint density at radius 2 is 2.17 bits per heavy atom. The molecule has 1 N–H and O–H groups in total. The number of imidazole rings is 1. The Balaban J connectivity index is 1.48. The van der Waals surface area contributed by atoms with E-state index in [1.807, 2.05) is 24.7 Å². The number of nitrogens with zero attached hydrogens (tertiary/aromatic N) is 2. The highest BCUT2D eigenvalue weighted by molar-refractivity contribution is 5.68. The van der Waals surface area contributed by atoms with Crippen LogP contribution in [0.3, 0.4) is 0 Å². The summed E-state index contributed by atoms with van der Waals surface area (Å²) in [4.78, 5) is 4.28. The number of ether oxygens (including phenoxy) is 1. The lowest BCUT2D eigenvalue weighted by molar-refractivity contribution is 0.153. The van der Waals surface area contributed by atoms with Gasteiger partial charge in [0, 0.05) is 18.4 Å². The lowest BCUT2D eigenvalue weighted by atomic mass is 9.95. The summed E-state index contributed by atoms with van der Waals surface area (Å²) in [5.74, 6) is 0.953. The van der Waals surface area contributed by atoms with Crippen LogP contribution < -0.4 is 4.74 Å². The molecule has 2 aliphatic rings. The van der Waals surface area contributed by atoms with Crippen molar-refractivity contribution >= 4 is 0 Å². The van der Waals surface area contributed by atoms with Crippen LogP contribution in [0.25, 0.3) is 11.3 Å². The normalized spacial score (nSPS) is 18.6. The van der Waals surface area contributed by atoms with E-state index in [1.165, 1.54) is 16.7 Å². The smallest absolute Gasteiger partial charge is 0.122 e. The molecule has 1 aromatic heterocycles. The van der Waals surface area contributed by atoms with Gasteiger partial charge >= 0.3 is 0 Å². The minimum Gasteiger partial charge on any atom is -0.493 e. The molecule has 0 radical (unpaired) electrons. The van der Waals surface area contributed by atoms with E-state index >= 15 is 0 Å². The summed E-state index contributed by atoms with van der Waals surface area (Å²) >= 11 is 0. The minimum atomic E-state index is -0.512. The molecule has 0 aliphatic carbocycles. The fourth-order valence-electron chi connectivity index (χ4n) is 3.93. The van der Waals surface area contributed by atoms with E-state index in [9.17, 15) is 5.11 Å². The molecule has 0 saturated carbocycles. The third kappa shape index (κ3) is 2.00. The lowest BCUT2D eigenvalue weighted by Crippen LogP contribution is -2.10. The average Bonchev–Trinajstić information content (AvgIpc) is 3.31. The van der Waals surface area contributed by atoms with Crippen LogP contribution in [0.1, 0.15) is 35.3 Å². The number of aromatic nitrogens is 2. The van der Waals surface area contributed by atoms with Gasteiger partial charge in [0.2, 0.25) is 0 Å². The largest absolute Gasteiger partial charge is 0.493 e. The fourth-order valence-corrected chi connectivity index (χ4v) is 3.93. The van der Waals surface area contributed by atoms with E-state index in [0.717, 1.165) is 30.0 Å². The van der Waals surface area contributed by atoms with Gasteiger partial charge in [-0.05, 0) is 28.8 Å². The highest BCUT2D eigenvalue weighted by atomic mass is 16.5. The molecule has 3 heterocycles. The first kappa shape index (κ1) is 13.8. The van der Waals surface area contributed by atoms with Crippen LogP contribution in [0.5, 0.6) is 5.75 Å². The van der Waals surface area contributed by atoms with Crippen LogP contribution in [0.4, 0.5) is 0 Å². The molecule has 5 rings (SSSR count). The Bertz CT molecular complexity index is 916. The second kappa shape index (κ2) is 5.21. The van der Waals surface area contributed by atoms with Gasteiger partial charge in [0.15, 0.2) is 0 Å². The van der Waals surface area contributed by atoms with Crippen molar-refractivity contribution in [2.45, 2.75) is 25.0 Å². The number of benzene rings is 2. The molecule has 24 heavy (non-hydrogen) atoms. The van der Waals surface area contributed by atoms with Gasteiger partial charge in [-0.15, -0.1) is 0 Å². The van der Waals surface area contributed by atoms with E-state index < -0.39 is 6.10 Å². The maximum Gasteiger partial charge on any atom is 0.122 e. The van der Waals surface area contributed by atoms with Gasteiger partial charge in [-0.2, -0.15) is 0 Å². The third-order valence-electron chi connectivity index (χ3n) is 5.14. The van der Waals surface area contributed by atoms with Gasteiger partial charge in [0.25, 0.3) is 0 Å². The maximum absolute atomic E-state index is 10.8. The number of hydrogen-bond acceptors (Lipinski definition) is 3. The van der Waals surface area contributed by atoms with Crippen LogP contribution in [0, 0.1) is 0 Å². The SMILES string of the molecule is O[C@@H](C[C@@H]1c2ccccc2-c2cncn21)c1ccc2c(c1)CCO2. The Morgan fingerprint density at radius 1 is 1.25 bits per heavy atom. The predicted octanol–water partition coefficient (Wildman–Crippen LogP) is 3.51. The molecule has 0 bridgehead atoms. The van der Waals surface area contributed by atoms with Crippen LogP contribution in [0.2, 0.25) is 0 Å². The Kier molecular flexibility index (Phi) is 3.00. The Labute approximate surface area is 140 Å². The first-order valence-electron chi connectivity index (χ1n) is 8.36. The minimum absolute atomic E-state index is 0.123. The van der Waals surface area contributed by atoms with Gasteiger partial charge in [-0.25, -0.2) is 4.98 Å². The summed E-state index contributed by atoms with van der Waals surface area (Å²) in [5, 5.41) is 10.8. The summed E-state index contributed by atoms with van der Waals surface area (Å²) in [5.41, 5.74) is 5.77.